The van der Waals surface area contributed by atoms with E-state index in [4.69, 9.17) is 10.6 Å². The van der Waals surface area contributed by atoms with Gasteiger partial charge in [0.2, 0.25) is 0 Å². The SMILES string of the molecule is NNC(Cc1cccs1)C1CC2CCC1O2. The Kier molecular flexibility index (Phi) is 2.98. The van der Waals surface area contributed by atoms with E-state index in [1.54, 1.807) is 0 Å². The Balaban J connectivity index is 1.67. The molecule has 2 aliphatic heterocycles. The van der Waals surface area contributed by atoms with Crippen LogP contribution in [0.25, 0.3) is 0 Å². The largest absolute Gasteiger partial charge is 0.375 e. The Bertz CT molecular complexity index is 341. The van der Waals surface area contributed by atoms with Crippen LogP contribution in [-0.2, 0) is 11.2 Å². The van der Waals surface area contributed by atoms with Gasteiger partial charge in [0, 0.05) is 16.8 Å². The molecule has 2 aliphatic rings. The third-order valence-corrected chi connectivity index (χ3v) is 4.78. The molecule has 0 aromatic carbocycles. The van der Waals surface area contributed by atoms with Crippen molar-refractivity contribution in [2.75, 3.05) is 0 Å². The van der Waals surface area contributed by atoms with Crippen molar-refractivity contribution in [3.8, 4) is 0 Å². The molecule has 4 heteroatoms. The van der Waals surface area contributed by atoms with Crippen LogP contribution in [0.3, 0.4) is 0 Å². The molecule has 4 unspecified atom stereocenters. The predicted molar refractivity (Wildman–Crippen MR) is 65.1 cm³/mol. The molecule has 3 rings (SSSR count). The van der Waals surface area contributed by atoms with Gasteiger partial charge in [0.1, 0.15) is 0 Å². The molecule has 2 saturated heterocycles. The maximum Gasteiger partial charge on any atom is 0.0624 e. The predicted octanol–water partition coefficient (Wildman–Crippen LogP) is 1.69. The van der Waals surface area contributed by atoms with E-state index in [1.165, 1.54) is 24.1 Å². The maximum atomic E-state index is 5.89. The van der Waals surface area contributed by atoms with Gasteiger partial charge in [-0.2, -0.15) is 0 Å². The van der Waals surface area contributed by atoms with Gasteiger partial charge in [-0.15, -0.1) is 11.3 Å². The smallest absolute Gasteiger partial charge is 0.0624 e. The van der Waals surface area contributed by atoms with Crippen molar-refractivity contribution in [3.63, 3.8) is 0 Å². The van der Waals surface area contributed by atoms with Crippen LogP contribution in [0.1, 0.15) is 24.1 Å². The first-order valence-corrected chi connectivity index (χ1v) is 6.89. The number of nitrogens with one attached hydrogen (secondary N) is 1. The highest BCUT2D eigenvalue weighted by molar-refractivity contribution is 7.09. The second-order valence-electron chi connectivity index (χ2n) is 4.83. The van der Waals surface area contributed by atoms with E-state index >= 15 is 0 Å². The quantitative estimate of drug-likeness (QED) is 0.620. The second kappa shape index (κ2) is 4.45. The summed E-state index contributed by atoms with van der Waals surface area (Å²) in [5.41, 5.74) is 2.99. The fourth-order valence-electron chi connectivity index (χ4n) is 3.08. The lowest BCUT2D eigenvalue weighted by molar-refractivity contribution is 0.0858. The Morgan fingerprint density at radius 3 is 3.06 bits per heavy atom. The highest BCUT2D eigenvalue weighted by atomic mass is 32.1. The van der Waals surface area contributed by atoms with Crippen LogP contribution in [0, 0.1) is 5.92 Å². The molecule has 0 aliphatic carbocycles. The topological polar surface area (TPSA) is 47.3 Å². The zero-order valence-electron chi connectivity index (χ0n) is 9.26. The summed E-state index contributed by atoms with van der Waals surface area (Å²) in [7, 11) is 0. The monoisotopic (exact) mass is 238 g/mol. The van der Waals surface area contributed by atoms with E-state index in [0.717, 1.165) is 6.42 Å². The summed E-state index contributed by atoms with van der Waals surface area (Å²) >= 11 is 1.81. The fraction of sp³-hybridized carbons (Fsp3) is 0.667. The number of fused-ring (bicyclic) bond motifs is 2. The minimum atomic E-state index is 0.369. The molecular formula is C12H18N2OS. The highest BCUT2D eigenvalue weighted by Crippen LogP contribution is 2.41. The summed E-state index contributed by atoms with van der Waals surface area (Å²) in [4.78, 5) is 1.41. The average Bonchev–Trinajstić information content (AvgIpc) is 3.02. The van der Waals surface area contributed by atoms with Crippen LogP contribution in [-0.4, -0.2) is 18.2 Å². The van der Waals surface area contributed by atoms with Crippen molar-refractivity contribution < 1.29 is 4.74 Å². The molecular weight excluding hydrogens is 220 g/mol. The van der Waals surface area contributed by atoms with Gasteiger partial charge in [0.15, 0.2) is 0 Å². The zero-order valence-corrected chi connectivity index (χ0v) is 10.1. The highest BCUT2D eigenvalue weighted by Gasteiger charge is 2.44. The van der Waals surface area contributed by atoms with E-state index in [-0.39, 0.29) is 0 Å². The van der Waals surface area contributed by atoms with E-state index in [9.17, 15) is 0 Å². The lowest BCUT2D eigenvalue weighted by Gasteiger charge is -2.27. The first-order valence-electron chi connectivity index (χ1n) is 6.01. The van der Waals surface area contributed by atoms with Crippen molar-refractivity contribution in [2.45, 2.75) is 43.9 Å². The van der Waals surface area contributed by atoms with Gasteiger partial charge in [-0.3, -0.25) is 11.3 Å². The molecule has 0 radical (unpaired) electrons. The molecule has 3 heterocycles. The summed E-state index contributed by atoms with van der Waals surface area (Å²) in [6.45, 7) is 0. The average molecular weight is 238 g/mol. The van der Waals surface area contributed by atoms with Crippen LogP contribution in [0.4, 0.5) is 0 Å². The number of thiophene rings is 1. The molecule has 3 N–H and O–H groups in total. The zero-order chi connectivity index (χ0) is 11.0. The molecule has 1 aromatic rings. The first kappa shape index (κ1) is 10.7. The third kappa shape index (κ3) is 1.91. The molecule has 16 heavy (non-hydrogen) atoms. The minimum Gasteiger partial charge on any atom is -0.375 e. The molecule has 0 spiro atoms. The Morgan fingerprint density at radius 2 is 2.50 bits per heavy atom. The number of rotatable bonds is 4. The maximum absolute atomic E-state index is 5.89. The summed E-state index contributed by atoms with van der Waals surface area (Å²) < 4.78 is 5.89. The number of hydrogen-bond acceptors (Lipinski definition) is 4. The second-order valence-corrected chi connectivity index (χ2v) is 5.86. The minimum absolute atomic E-state index is 0.369. The van der Waals surface area contributed by atoms with Crippen molar-refractivity contribution in [1.29, 1.82) is 0 Å². The number of ether oxygens (including phenoxy) is 1. The van der Waals surface area contributed by atoms with Crippen LogP contribution in [0.2, 0.25) is 0 Å². The number of nitrogens with two attached hydrogens (primary N) is 1. The van der Waals surface area contributed by atoms with Gasteiger partial charge < -0.3 is 4.74 Å². The fourth-order valence-corrected chi connectivity index (χ4v) is 3.84. The summed E-state index contributed by atoms with van der Waals surface area (Å²) in [6, 6.07) is 4.66. The van der Waals surface area contributed by atoms with Gasteiger partial charge >= 0.3 is 0 Å². The summed E-state index contributed by atoms with van der Waals surface area (Å²) in [6.07, 6.45) is 5.64. The van der Waals surface area contributed by atoms with Crippen molar-refractivity contribution >= 4 is 11.3 Å². The Labute approximate surface area is 100.0 Å². The lowest BCUT2D eigenvalue weighted by Crippen LogP contribution is -2.45. The molecule has 3 nitrogen and oxygen atoms in total. The van der Waals surface area contributed by atoms with Crippen molar-refractivity contribution in [2.24, 2.45) is 11.8 Å². The number of hydrogen-bond donors (Lipinski definition) is 2. The van der Waals surface area contributed by atoms with E-state index in [2.05, 4.69) is 22.9 Å². The molecule has 4 atom stereocenters. The Hall–Kier alpha value is -0.420. The van der Waals surface area contributed by atoms with Crippen molar-refractivity contribution in [1.82, 2.24) is 5.43 Å². The normalized spacial score (nSPS) is 34.4. The summed E-state index contributed by atoms with van der Waals surface area (Å²) in [5, 5.41) is 2.13. The summed E-state index contributed by atoms with van der Waals surface area (Å²) in [5.74, 6) is 6.30. The molecule has 2 bridgehead atoms. The van der Waals surface area contributed by atoms with Crippen LogP contribution >= 0.6 is 11.3 Å². The molecule has 88 valence electrons. The molecule has 1 aromatic heterocycles. The molecule has 0 amide bonds. The standard InChI is InChI=1S/C12H18N2OS/c13-14-11(7-9-2-1-5-16-9)10-6-8-3-4-12(10)15-8/h1-2,5,8,10-12,14H,3-4,6-7,13H2. The van der Waals surface area contributed by atoms with E-state index in [0.29, 0.717) is 24.2 Å². The van der Waals surface area contributed by atoms with Gasteiger partial charge in [-0.1, -0.05) is 6.07 Å². The van der Waals surface area contributed by atoms with Gasteiger partial charge in [-0.05, 0) is 37.1 Å². The van der Waals surface area contributed by atoms with Crippen LogP contribution in [0.5, 0.6) is 0 Å². The van der Waals surface area contributed by atoms with Crippen LogP contribution < -0.4 is 11.3 Å². The lowest BCUT2D eigenvalue weighted by atomic mass is 9.82. The van der Waals surface area contributed by atoms with E-state index in [1.807, 2.05) is 11.3 Å². The first-order chi connectivity index (χ1) is 7.86. The van der Waals surface area contributed by atoms with Gasteiger partial charge in [0.25, 0.3) is 0 Å². The van der Waals surface area contributed by atoms with Gasteiger partial charge in [-0.25, -0.2) is 0 Å². The van der Waals surface area contributed by atoms with Crippen molar-refractivity contribution in [3.05, 3.63) is 22.4 Å². The third-order valence-electron chi connectivity index (χ3n) is 3.89. The Morgan fingerprint density at radius 1 is 1.56 bits per heavy atom. The van der Waals surface area contributed by atoms with Crippen LogP contribution in [0.15, 0.2) is 17.5 Å². The van der Waals surface area contributed by atoms with E-state index < -0.39 is 0 Å². The van der Waals surface area contributed by atoms with Gasteiger partial charge in [0.05, 0.1) is 12.2 Å². The molecule has 2 fully saturated rings. The molecule has 0 saturated carbocycles. The number of hydrazine groups is 1.